The molecule has 0 saturated carbocycles. The largest absolute Gasteiger partial charge is 0.491 e. The number of benzene rings is 1. The Morgan fingerprint density at radius 3 is 2.74 bits per heavy atom. The first kappa shape index (κ1) is 24.4. The summed E-state index contributed by atoms with van der Waals surface area (Å²) < 4.78 is 43.4. The molecule has 0 saturated heterocycles. The van der Waals surface area contributed by atoms with Crippen molar-refractivity contribution >= 4 is 11.8 Å². The third kappa shape index (κ3) is 8.41. The van der Waals surface area contributed by atoms with E-state index in [4.69, 9.17) is 9.84 Å². The summed E-state index contributed by atoms with van der Waals surface area (Å²) in [5.41, 5.74) is -0.837. The van der Waals surface area contributed by atoms with Crippen LogP contribution in [-0.2, 0) is 15.8 Å². The minimum atomic E-state index is -4.48. The summed E-state index contributed by atoms with van der Waals surface area (Å²) in [6.07, 6.45) is 6.41. The number of ether oxygens (including phenoxy) is 1. The lowest BCUT2D eigenvalue weighted by atomic mass is 9.91. The Balaban J connectivity index is 1.83. The standard InChI is InChI=1S/C23H25F3O5/c24-23(25,26)17-7-5-8-19(14-17)31-15-18(27)11-12-20-16(10-13-21(20)28)6-3-1-2-4-9-22(29)30/h1,3,5,7-8,10-14,16,18,20,27H,2,4,6,9,15H2,(H,29,30)/b3-1-,12-11+/t16-,18+,20+/m0/s1. The summed E-state index contributed by atoms with van der Waals surface area (Å²) in [5, 5.41) is 18.7. The summed E-state index contributed by atoms with van der Waals surface area (Å²) in [7, 11) is 0. The van der Waals surface area contributed by atoms with Gasteiger partial charge in [0, 0.05) is 12.3 Å². The Morgan fingerprint density at radius 1 is 1.26 bits per heavy atom. The average molecular weight is 438 g/mol. The van der Waals surface area contributed by atoms with Crippen molar-refractivity contribution in [2.24, 2.45) is 11.8 Å². The summed E-state index contributed by atoms with van der Waals surface area (Å²) in [6.45, 7) is -0.250. The van der Waals surface area contributed by atoms with Gasteiger partial charge in [0.15, 0.2) is 5.78 Å². The van der Waals surface area contributed by atoms with Crippen LogP contribution < -0.4 is 4.74 Å². The van der Waals surface area contributed by atoms with Gasteiger partial charge in [0.1, 0.15) is 18.5 Å². The summed E-state index contributed by atoms with van der Waals surface area (Å²) in [4.78, 5) is 22.5. The molecule has 1 aromatic rings. The van der Waals surface area contributed by atoms with Crippen LogP contribution in [0.3, 0.4) is 0 Å². The molecule has 0 amide bonds. The number of halogens is 3. The molecule has 1 aliphatic rings. The number of unbranched alkanes of at least 4 members (excludes halogenated alkanes) is 1. The highest BCUT2D eigenvalue weighted by molar-refractivity contribution is 5.95. The molecule has 8 heteroatoms. The molecule has 0 bridgehead atoms. The molecule has 0 aromatic heterocycles. The van der Waals surface area contributed by atoms with Crippen molar-refractivity contribution in [3.63, 3.8) is 0 Å². The molecule has 1 aliphatic carbocycles. The monoisotopic (exact) mass is 438 g/mol. The first-order chi connectivity index (χ1) is 14.7. The van der Waals surface area contributed by atoms with E-state index in [-0.39, 0.29) is 30.5 Å². The van der Waals surface area contributed by atoms with Gasteiger partial charge in [-0.05, 0) is 49.5 Å². The van der Waals surface area contributed by atoms with Crippen molar-refractivity contribution in [3.8, 4) is 5.75 Å². The second-order valence-electron chi connectivity index (χ2n) is 7.23. The van der Waals surface area contributed by atoms with E-state index in [1.807, 2.05) is 12.2 Å². The van der Waals surface area contributed by atoms with Gasteiger partial charge in [0.05, 0.1) is 5.56 Å². The predicted molar refractivity (Wildman–Crippen MR) is 108 cm³/mol. The van der Waals surface area contributed by atoms with Crippen molar-refractivity contribution in [3.05, 3.63) is 66.3 Å². The number of alkyl halides is 3. The number of hydrogen-bond donors (Lipinski definition) is 2. The van der Waals surface area contributed by atoms with Crippen LogP contribution in [0.25, 0.3) is 0 Å². The third-order valence-corrected chi connectivity index (χ3v) is 4.76. The maximum atomic E-state index is 12.7. The molecule has 3 atom stereocenters. The van der Waals surface area contributed by atoms with Gasteiger partial charge in [-0.1, -0.05) is 36.4 Å². The number of aliphatic hydroxyl groups excluding tert-OH is 1. The van der Waals surface area contributed by atoms with Crippen LogP contribution in [-0.4, -0.2) is 34.7 Å². The molecular formula is C23H25F3O5. The quantitative estimate of drug-likeness (QED) is 0.391. The second kappa shape index (κ2) is 11.5. The van der Waals surface area contributed by atoms with Gasteiger partial charge >= 0.3 is 12.1 Å². The number of carboxylic acids is 1. The number of hydrogen-bond acceptors (Lipinski definition) is 4. The Kier molecular flexibility index (Phi) is 9.05. The molecular weight excluding hydrogens is 413 g/mol. The highest BCUT2D eigenvalue weighted by atomic mass is 19.4. The van der Waals surface area contributed by atoms with Gasteiger partial charge < -0.3 is 14.9 Å². The lowest BCUT2D eigenvalue weighted by Crippen LogP contribution is -2.18. The zero-order valence-corrected chi connectivity index (χ0v) is 16.8. The van der Waals surface area contributed by atoms with Crippen molar-refractivity contribution in [1.82, 2.24) is 0 Å². The van der Waals surface area contributed by atoms with Crippen molar-refractivity contribution in [2.45, 2.75) is 38.0 Å². The van der Waals surface area contributed by atoms with E-state index >= 15 is 0 Å². The molecule has 0 radical (unpaired) electrons. The molecule has 2 rings (SSSR count). The minimum Gasteiger partial charge on any atom is -0.491 e. The Hall–Kier alpha value is -2.87. The highest BCUT2D eigenvalue weighted by Gasteiger charge is 2.30. The lowest BCUT2D eigenvalue weighted by Gasteiger charge is -2.14. The number of allylic oxidation sites excluding steroid dienone is 5. The zero-order valence-electron chi connectivity index (χ0n) is 16.8. The molecule has 0 fully saturated rings. The fourth-order valence-electron chi connectivity index (χ4n) is 3.11. The van der Waals surface area contributed by atoms with E-state index in [1.54, 1.807) is 12.2 Å². The molecule has 1 aromatic carbocycles. The van der Waals surface area contributed by atoms with E-state index in [1.165, 1.54) is 24.3 Å². The molecule has 168 valence electrons. The van der Waals surface area contributed by atoms with Crippen LogP contribution in [0.4, 0.5) is 13.2 Å². The van der Waals surface area contributed by atoms with E-state index in [2.05, 4.69) is 0 Å². The second-order valence-corrected chi connectivity index (χ2v) is 7.23. The van der Waals surface area contributed by atoms with Gasteiger partial charge in [-0.25, -0.2) is 0 Å². The van der Waals surface area contributed by atoms with Crippen molar-refractivity contribution < 1.29 is 37.7 Å². The smallest absolute Gasteiger partial charge is 0.416 e. The Bertz CT molecular complexity index is 842. The molecule has 0 spiro atoms. The van der Waals surface area contributed by atoms with Crippen LogP contribution >= 0.6 is 0 Å². The van der Waals surface area contributed by atoms with Crippen LogP contribution in [0, 0.1) is 11.8 Å². The van der Waals surface area contributed by atoms with Crippen LogP contribution in [0.5, 0.6) is 5.75 Å². The van der Waals surface area contributed by atoms with Crippen molar-refractivity contribution in [2.75, 3.05) is 6.61 Å². The van der Waals surface area contributed by atoms with E-state index in [0.29, 0.717) is 19.3 Å². The third-order valence-electron chi connectivity index (χ3n) is 4.76. The molecule has 5 nitrogen and oxygen atoms in total. The first-order valence-electron chi connectivity index (χ1n) is 9.92. The summed E-state index contributed by atoms with van der Waals surface area (Å²) in [5.74, 6) is -1.44. The maximum absolute atomic E-state index is 12.7. The zero-order chi connectivity index (χ0) is 22.9. The van der Waals surface area contributed by atoms with Crippen LogP contribution in [0.2, 0.25) is 0 Å². The number of aliphatic carboxylic acids is 1. The minimum absolute atomic E-state index is 0.00760. The molecule has 0 heterocycles. The number of rotatable bonds is 11. The topological polar surface area (TPSA) is 83.8 Å². The summed E-state index contributed by atoms with van der Waals surface area (Å²) in [6, 6.07) is 4.39. The number of carbonyl (C=O) groups excluding carboxylic acids is 1. The van der Waals surface area contributed by atoms with Crippen LogP contribution in [0.1, 0.15) is 31.2 Å². The first-order valence-corrected chi connectivity index (χ1v) is 9.92. The van der Waals surface area contributed by atoms with E-state index < -0.39 is 29.7 Å². The van der Waals surface area contributed by atoms with Gasteiger partial charge in [0.2, 0.25) is 0 Å². The Labute approximate surface area is 178 Å². The SMILES string of the molecule is O=C(O)CCC/C=C\C[C@H]1C=CC(=O)[C@@H]1/C=C/[C@@H](O)COc1cccc(C(F)(F)F)c1. The molecule has 2 N–H and O–H groups in total. The fourth-order valence-corrected chi connectivity index (χ4v) is 3.11. The van der Waals surface area contributed by atoms with E-state index in [0.717, 1.165) is 12.1 Å². The summed E-state index contributed by atoms with van der Waals surface area (Å²) >= 11 is 0. The highest BCUT2D eigenvalue weighted by Crippen LogP contribution is 2.31. The molecule has 0 unspecified atom stereocenters. The number of aliphatic hydroxyl groups is 1. The van der Waals surface area contributed by atoms with E-state index in [9.17, 15) is 27.9 Å². The predicted octanol–water partition coefficient (Wildman–Crippen LogP) is 4.57. The number of carbonyl (C=O) groups is 2. The molecule has 31 heavy (non-hydrogen) atoms. The lowest BCUT2D eigenvalue weighted by molar-refractivity contribution is -0.138. The van der Waals surface area contributed by atoms with Crippen molar-refractivity contribution in [1.29, 1.82) is 0 Å². The Morgan fingerprint density at radius 2 is 2.03 bits per heavy atom. The van der Waals surface area contributed by atoms with Crippen LogP contribution in [0.15, 0.2) is 60.7 Å². The normalized spacial score (nSPS) is 20.1. The van der Waals surface area contributed by atoms with Gasteiger partial charge in [-0.2, -0.15) is 13.2 Å². The van der Waals surface area contributed by atoms with Gasteiger partial charge in [-0.15, -0.1) is 0 Å². The average Bonchev–Trinajstić information content (AvgIpc) is 3.06. The van der Waals surface area contributed by atoms with Gasteiger partial charge in [-0.3, -0.25) is 9.59 Å². The fraction of sp³-hybridized carbons (Fsp3) is 0.391. The number of ketones is 1. The van der Waals surface area contributed by atoms with Gasteiger partial charge in [0.25, 0.3) is 0 Å². The maximum Gasteiger partial charge on any atom is 0.416 e. The number of carboxylic acid groups (broad SMARTS) is 1. The molecule has 0 aliphatic heterocycles.